The fraction of sp³-hybridized carbons (Fsp3) is 0.778. The first kappa shape index (κ1) is 11.9. The lowest BCUT2D eigenvalue weighted by Gasteiger charge is -2.05. The van der Waals surface area contributed by atoms with Crippen LogP contribution in [0.2, 0.25) is 0 Å². The van der Waals surface area contributed by atoms with E-state index in [1.54, 1.807) is 0 Å². The van der Waals surface area contributed by atoms with Gasteiger partial charge >= 0.3 is 11.9 Å². The minimum atomic E-state index is -0.878. The zero-order valence-electron chi connectivity index (χ0n) is 8.08. The molecule has 4 heteroatoms. The standard InChI is InChI=1S/C9H16O4/c1-7(2)6-13-9(12)5-3-4-8(10)11/h7H,3-6H2,1-2H3,(H,10,11). The summed E-state index contributed by atoms with van der Waals surface area (Å²) in [5.41, 5.74) is 0. The van der Waals surface area contributed by atoms with Gasteiger partial charge in [0.05, 0.1) is 6.61 Å². The van der Waals surface area contributed by atoms with Crippen molar-refractivity contribution in [1.29, 1.82) is 0 Å². The van der Waals surface area contributed by atoms with Gasteiger partial charge in [0.1, 0.15) is 0 Å². The van der Waals surface area contributed by atoms with E-state index in [-0.39, 0.29) is 18.8 Å². The lowest BCUT2D eigenvalue weighted by atomic mass is 10.2. The molecule has 0 heterocycles. The van der Waals surface area contributed by atoms with Crippen LogP contribution in [0.4, 0.5) is 0 Å². The van der Waals surface area contributed by atoms with Crippen molar-refractivity contribution in [3.05, 3.63) is 0 Å². The first-order valence-electron chi connectivity index (χ1n) is 4.39. The molecule has 0 aromatic rings. The van der Waals surface area contributed by atoms with Gasteiger partial charge in [-0.25, -0.2) is 0 Å². The van der Waals surface area contributed by atoms with E-state index in [2.05, 4.69) is 0 Å². The summed E-state index contributed by atoms with van der Waals surface area (Å²) in [7, 11) is 0. The van der Waals surface area contributed by atoms with Crippen LogP contribution in [0.5, 0.6) is 0 Å². The van der Waals surface area contributed by atoms with Crippen molar-refractivity contribution >= 4 is 11.9 Å². The Labute approximate surface area is 77.9 Å². The van der Waals surface area contributed by atoms with Crippen LogP contribution < -0.4 is 0 Å². The Hall–Kier alpha value is -1.06. The zero-order valence-corrected chi connectivity index (χ0v) is 8.08. The second kappa shape index (κ2) is 6.46. The second-order valence-corrected chi connectivity index (χ2v) is 3.32. The van der Waals surface area contributed by atoms with Crippen molar-refractivity contribution in [2.75, 3.05) is 6.61 Å². The lowest BCUT2D eigenvalue weighted by Crippen LogP contribution is -2.10. The fourth-order valence-corrected chi connectivity index (χ4v) is 0.716. The van der Waals surface area contributed by atoms with Gasteiger partial charge in [-0.1, -0.05) is 13.8 Å². The predicted molar refractivity (Wildman–Crippen MR) is 47.3 cm³/mol. The van der Waals surface area contributed by atoms with E-state index in [0.29, 0.717) is 18.9 Å². The minimum Gasteiger partial charge on any atom is -0.481 e. The Bertz CT molecular complexity index is 174. The van der Waals surface area contributed by atoms with Crippen LogP contribution in [0.3, 0.4) is 0 Å². The highest BCUT2D eigenvalue weighted by atomic mass is 16.5. The number of aliphatic carboxylic acids is 1. The predicted octanol–water partition coefficient (Wildman–Crippen LogP) is 1.44. The maximum Gasteiger partial charge on any atom is 0.305 e. The Balaban J connectivity index is 3.35. The second-order valence-electron chi connectivity index (χ2n) is 3.32. The lowest BCUT2D eigenvalue weighted by molar-refractivity contribution is -0.145. The van der Waals surface area contributed by atoms with Gasteiger partial charge in [0, 0.05) is 12.8 Å². The van der Waals surface area contributed by atoms with Crippen LogP contribution in [-0.4, -0.2) is 23.7 Å². The number of carboxylic acid groups (broad SMARTS) is 1. The summed E-state index contributed by atoms with van der Waals surface area (Å²) in [5.74, 6) is -0.866. The van der Waals surface area contributed by atoms with Crippen LogP contribution in [0.25, 0.3) is 0 Å². The maximum absolute atomic E-state index is 10.9. The summed E-state index contributed by atoms with van der Waals surface area (Å²) in [6.07, 6.45) is 0.571. The molecule has 0 saturated heterocycles. The molecule has 0 rings (SSSR count). The zero-order chi connectivity index (χ0) is 10.3. The molecule has 0 fully saturated rings. The van der Waals surface area contributed by atoms with Gasteiger partial charge in [-0.05, 0) is 12.3 Å². The molecule has 0 atom stereocenters. The van der Waals surface area contributed by atoms with Crippen molar-refractivity contribution in [3.8, 4) is 0 Å². The smallest absolute Gasteiger partial charge is 0.305 e. The SMILES string of the molecule is CC(C)COC(=O)CCCC(=O)O. The Morgan fingerprint density at radius 1 is 1.31 bits per heavy atom. The molecule has 0 bridgehead atoms. The van der Waals surface area contributed by atoms with Gasteiger partial charge in [0.2, 0.25) is 0 Å². The summed E-state index contributed by atoms with van der Waals surface area (Å²) >= 11 is 0. The number of carbonyl (C=O) groups is 2. The molecule has 0 aromatic heterocycles. The molecule has 0 saturated carbocycles. The molecule has 13 heavy (non-hydrogen) atoms. The molecule has 1 N–H and O–H groups in total. The largest absolute Gasteiger partial charge is 0.481 e. The van der Waals surface area contributed by atoms with E-state index in [1.165, 1.54) is 0 Å². The van der Waals surface area contributed by atoms with Crippen molar-refractivity contribution in [2.45, 2.75) is 33.1 Å². The molecule has 4 nitrogen and oxygen atoms in total. The molecule has 0 radical (unpaired) electrons. The van der Waals surface area contributed by atoms with Crippen LogP contribution in [-0.2, 0) is 14.3 Å². The molecule has 0 aliphatic rings. The van der Waals surface area contributed by atoms with Gasteiger partial charge in [0.25, 0.3) is 0 Å². The van der Waals surface area contributed by atoms with Crippen molar-refractivity contribution in [1.82, 2.24) is 0 Å². The average molecular weight is 188 g/mol. The van der Waals surface area contributed by atoms with Crippen molar-refractivity contribution in [2.24, 2.45) is 5.92 Å². The van der Waals surface area contributed by atoms with E-state index in [0.717, 1.165) is 0 Å². The Morgan fingerprint density at radius 2 is 1.92 bits per heavy atom. The van der Waals surface area contributed by atoms with E-state index in [9.17, 15) is 9.59 Å². The van der Waals surface area contributed by atoms with E-state index < -0.39 is 5.97 Å². The molecule has 0 aliphatic carbocycles. The third-order valence-corrected chi connectivity index (χ3v) is 1.35. The fourth-order valence-electron chi connectivity index (χ4n) is 0.716. The van der Waals surface area contributed by atoms with E-state index in [1.807, 2.05) is 13.8 Å². The van der Waals surface area contributed by atoms with Crippen LogP contribution in [0, 0.1) is 5.92 Å². The highest BCUT2D eigenvalue weighted by molar-refractivity contribution is 5.71. The third kappa shape index (κ3) is 8.85. The molecular formula is C9H16O4. The van der Waals surface area contributed by atoms with E-state index in [4.69, 9.17) is 9.84 Å². The number of esters is 1. The van der Waals surface area contributed by atoms with Crippen molar-refractivity contribution < 1.29 is 19.4 Å². The summed E-state index contributed by atoms with van der Waals surface area (Å²) in [6.45, 7) is 4.31. The summed E-state index contributed by atoms with van der Waals surface area (Å²) in [5, 5.41) is 8.29. The Kier molecular flexibility index (Phi) is 5.93. The number of carboxylic acids is 1. The van der Waals surface area contributed by atoms with Gasteiger partial charge < -0.3 is 9.84 Å². The molecule has 0 aromatic carbocycles. The number of ether oxygens (including phenoxy) is 1. The van der Waals surface area contributed by atoms with E-state index >= 15 is 0 Å². The average Bonchev–Trinajstić information content (AvgIpc) is 2.00. The van der Waals surface area contributed by atoms with Gasteiger partial charge in [-0.3, -0.25) is 9.59 Å². The van der Waals surface area contributed by atoms with Gasteiger partial charge in [0.15, 0.2) is 0 Å². The number of rotatable bonds is 6. The summed E-state index contributed by atoms with van der Waals surface area (Å²) in [4.78, 5) is 21.0. The molecule has 76 valence electrons. The number of hydrogen-bond donors (Lipinski definition) is 1. The van der Waals surface area contributed by atoms with Crippen LogP contribution in [0.15, 0.2) is 0 Å². The molecule has 0 amide bonds. The van der Waals surface area contributed by atoms with Crippen molar-refractivity contribution in [3.63, 3.8) is 0 Å². The highest BCUT2D eigenvalue weighted by Gasteiger charge is 2.05. The number of carbonyl (C=O) groups excluding carboxylic acids is 1. The monoisotopic (exact) mass is 188 g/mol. The molecule has 0 unspecified atom stereocenters. The minimum absolute atomic E-state index is 0.0246. The Morgan fingerprint density at radius 3 is 2.38 bits per heavy atom. The molecule has 0 aliphatic heterocycles. The molecule has 0 spiro atoms. The first-order chi connectivity index (χ1) is 6.02. The van der Waals surface area contributed by atoms with Gasteiger partial charge in [-0.2, -0.15) is 0 Å². The quantitative estimate of drug-likeness (QED) is 0.640. The van der Waals surface area contributed by atoms with Gasteiger partial charge in [-0.15, -0.1) is 0 Å². The summed E-state index contributed by atoms with van der Waals surface area (Å²) in [6, 6.07) is 0. The third-order valence-electron chi connectivity index (χ3n) is 1.35. The maximum atomic E-state index is 10.9. The van der Waals surface area contributed by atoms with Crippen LogP contribution >= 0.6 is 0 Å². The number of hydrogen-bond acceptors (Lipinski definition) is 3. The topological polar surface area (TPSA) is 63.6 Å². The van der Waals surface area contributed by atoms with Crippen LogP contribution in [0.1, 0.15) is 33.1 Å². The highest BCUT2D eigenvalue weighted by Crippen LogP contribution is 2.00. The summed E-state index contributed by atoms with van der Waals surface area (Å²) < 4.78 is 4.85. The molecular weight excluding hydrogens is 172 g/mol. The first-order valence-corrected chi connectivity index (χ1v) is 4.39. The normalized spacial score (nSPS) is 10.1.